The predicted molar refractivity (Wildman–Crippen MR) is 85.3 cm³/mol. The molecule has 2 aliphatic rings. The van der Waals surface area contributed by atoms with Crippen LogP contribution in [-0.4, -0.2) is 10.9 Å². The van der Waals surface area contributed by atoms with E-state index in [1.807, 2.05) is 19.9 Å². The second-order valence-electron chi connectivity index (χ2n) is 6.72. The highest BCUT2D eigenvalue weighted by atomic mass is 16.3. The lowest BCUT2D eigenvalue weighted by atomic mass is 9.67. The van der Waals surface area contributed by atoms with Crippen LogP contribution >= 0.6 is 0 Å². The highest BCUT2D eigenvalue weighted by Crippen LogP contribution is 2.57. The van der Waals surface area contributed by atoms with E-state index in [-0.39, 0.29) is 5.41 Å². The summed E-state index contributed by atoms with van der Waals surface area (Å²) in [4.78, 5) is 12.2. The van der Waals surface area contributed by atoms with Gasteiger partial charge in [-0.25, -0.2) is 0 Å². The zero-order valence-corrected chi connectivity index (χ0v) is 13.3. The van der Waals surface area contributed by atoms with Gasteiger partial charge in [0.25, 0.3) is 0 Å². The molecule has 112 valence electrons. The van der Waals surface area contributed by atoms with Crippen LogP contribution in [0.3, 0.4) is 0 Å². The zero-order chi connectivity index (χ0) is 15.2. The number of carbonyl (C=O) groups is 1. The quantitative estimate of drug-likeness (QED) is 0.882. The fourth-order valence-electron chi connectivity index (χ4n) is 4.27. The Balaban J connectivity index is 2.19. The van der Waals surface area contributed by atoms with Crippen LogP contribution < -0.4 is 0 Å². The minimum absolute atomic E-state index is 0.134. The molecule has 0 fully saturated rings. The molecular weight excluding hydrogens is 260 g/mol. The molecule has 1 atom stereocenters. The van der Waals surface area contributed by atoms with Crippen molar-refractivity contribution in [3.05, 3.63) is 34.4 Å². The number of Topliss-reactive ketones (excluding diaryl/α,β-unsaturated/α-hetero) is 1. The highest BCUT2D eigenvalue weighted by molar-refractivity contribution is 6.06. The molecule has 0 saturated carbocycles. The third-order valence-electron chi connectivity index (χ3n) is 5.52. The summed E-state index contributed by atoms with van der Waals surface area (Å²) in [5, 5.41) is 10.0. The van der Waals surface area contributed by atoms with Crippen molar-refractivity contribution in [1.82, 2.24) is 0 Å². The van der Waals surface area contributed by atoms with E-state index in [9.17, 15) is 9.90 Å². The maximum Gasteiger partial charge on any atom is 0.158 e. The van der Waals surface area contributed by atoms with Crippen molar-refractivity contribution in [2.45, 2.75) is 59.3 Å². The molecule has 0 heterocycles. The van der Waals surface area contributed by atoms with Gasteiger partial charge in [-0.1, -0.05) is 25.8 Å². The molecule has 1 unspecified atom stereocenters. The molecule has 2 nitrogen and oxygen atoms in total. The van der Waals surface area contributed by atoms with Crippen LogP contribution in [0.15, 0.2) is 17.7 Å². The summed E-state index contributed by atoms with van der Waals surface area (Å²) >= 11 is 0. The van der Waals surface area contributed by atoms with E-state index in [2.05, 4.69) is 6.92 Å². The SMILES string of the molecule is CCCCC12CCC(=O)C(C)=C1c1ccc(O)c(C)c1C2. The summed E-state index contributed by atoms with van der Waals surface area (Å²) < 4.78 is 0. The van der Waals surface area contributed by atoms with Gasteiger partial charge in [0, 0.05) is 11.8 Å². The number of hydrogen-bond acceptors (Lipinski definition) is 2. The normalized spacial score (nSPS) is 24.2. The van der Waals surface area contributed by atoms with E-state index in [1.54, 1.807) is 6.07 Å². The van der Waals surface area contributed by atoms with E-state index < -0.39 is 0 Å². The number of carbonyl (C=O) groups excluding carboxylic acids is 1. The Hall–Kier alpha value is -1.57. The molecule has 1 N–H and O–H groups in total. The smallest absolute Gasteiger partial charge is 0.158 e. The van der Waals surface area contributed by atoms with E-state index in [0.29, 0.717) is 18.0 Å². The van der Waals surface area contributed by atoms with Crippen LogP contribution in [-0.2, 0) is 11.2 Å². The number of fused-ring (bicyclic) bond motifs is 3. The van der Waals surface area contributed by atoms with Crippen LogP contribution in [0.5, 0.6) is 5.75 Å². The summed E-state index contributed by atoms with van der Waals surface area (Å²) in [6, 6.07) is 3.80. The molecule has 0 amide bonds. The lowest BCUT2D eigenvalue weighted by Gasteiger charge is -2.36. The van der Waals surface area contributed by atoms with Crippen LogP contribution in [0.2, 0.25) is 0 Å². The summed E-state index contributed by atoms with van der Waals surface area (Å²) in [7, 11) is 0. The number of rotatable bonds is 3. The first kappa shape index (κ1) is 14.4. The Labute approximate surface area is 126 Å². The van der Waals surface area contributed by atoms with Crippen LogP contribution in [0.4, 0.5) is 0 Å². The molecular formula is C19H24O2. The zero-order valence-electron chi connectivity index (χ0n) is 13.3. The highest BCUT2D eigenvalue weighted by Gasteiger charge is 2.46. The first-order chi connectivity index (χ1) is 10.00. The summed E-state index contributed by atoms with van der Waals surface area (Å²) in [6.45, 7) is 6.21. The van der Waals surface area contributed by atoms with Gasteiger partial charge >= 0.3 is 0 Å². The molecule has 1 aromatic carbocycles. The van der Waals surface area contributed by atoms with E-state index >= 15 is 0 Å². The summed E-state index contributed by atoms with van der Waals surface area (Å²) in [6.07, 6.45) is 6.17. The topological polar surface area (TPSA) is 37.3 Å². The summed E-state index contributed by atoms with van der Waals surface area (Å²) in [5.41, 5.74) is 5.84. The van der Waals surface area contributed by atoms with Crippen molar-refractivity contribution >= 4 is 11.4 Å². The third kappa shape index (κ3) is 2.04. The Kier molecular flexibility index (Phi) is 3.43. The van der Waals surface area contributed by atoms with Gasteiger partial charge in [0.05, 0.1) is 0 Å². The lowest BCUT2D eigenvalue weighted by Crippen LogP contribution is -2.28. The Bertz CT molecular complexity index is 639. The van der Waals surface area contributed by atoms with Gasteiger partial charge in [0.1, 0.15) is 5.75 Å². The molecule has 0 radical (unpaired) electrons. The number of ketones is 1. The molecule has 0 saturated heterocycles. The molecule has 0 spiro atoms. The Morgan fingerprint density at radius 2 is 2.05 bits per heavy atom. The van der Waals surface area contributed by atoms with Gasteiger partial charge in [-0.05, 0) is 67.0 Å². The van der Waals surface area contributed by atoms with Gasteiger partial charge < -0.3 is 5.11 Å². The van der Waals surface area contributed by atoms with Crippen LogP contribution in [0.1, 0.15) is 62.6 Å². The van der Waals surface area contributed by atoms with Gasteiger partial charge in [-0.15, -0.1) is 0 Å². The molecule has 1 aromatic rings. The molecule has 0 aromatic heterocycles. The largest absolute Gasteiger partial charge is 0.508 e. The second-order valence-corrected chi connectivity index (χ2v) is 6.72. The second kappa shape index (κ2) is 5.01. The number of phenols is 1. The number of phenolic OH excluding ortho intramolecular Hbond substituents is 1. The Morgan fingerprint density at radius 1 is 1.29 bits per heavy atom. The number of aromatic hydroxyl groups is 1. The fraction of sp³-hybridized carbons (Fsp3) is 0.526. The molecule has 3 rings (SSSR count). The molecule has 0 bridgehead atoms. The van der Waals surface area contributed by atoms with Crippen LogP contribution in [0.25, 0.3) is 5.57 Å². The number of benzene rings is 1. The van der Waals surface area contributed by atoms with Crippen LogP contribution in [0, 0.1) is 12.3 Å². The van der Waals surface area contributed by atoms with Crippen molar-refractivity contribution in [3.63, 3.8) is 0 Å². The number of unbranched alkanes of at least 4 members (excludes halogenated alkanes) is 1. The minimum atomic E-state index is 0.134. The average Bonchev–Trinajstić information content (AvgIpc) is 2.81. The van der Waals surface area contributed by atoms with Gasteiger partial charge in [-0.2, -0.15) is 0 Å². The molecule has 21 heavy (non-hydrogen) atoms. The van der Waals surface area contributed by atoms with Gasteiger partial charge in [-0.3, -0.25) is 4.79 Å². The standard InChI is InChI=1S/C19H24O2/c1-4-5-9-19-10-8-17(21)13(3)18(19)14-6-7-16(20)12(2)15(14)11-19/h6-7,20H,4-5,8-11H2,1-3H3. The van der Waals surface area contributed by atoms with Gasteiger partial charge in [0.15, 0.2) is 5.78 Å². The van der Waals surface area contributed by atoms with Crippen molar-refractivity contribution in [3.8, 4) is 5.75 Å². The van der Waals surface area contributed by atoms with E-state index in [1.165, 1.54) is 29.5 Å². The first-order valence-corrected chi connectivity index (χ1v) is 8.06. The van der Waals surface area contributed by atoms with E-state index in [4.69, 9.17) is 0 Å². The number of allylic oxidation sites excluding steroid dienone is 2. The van der Waals surface area contributed by atoms with E-state index in [0.717, 1.165) is 30.4 Å². The van der Waals surface area contributed by atoms with Crippen molar-refractivity contribution in [1.29, 1.82) is 0 Å². The maximum atomic E-state index is 12.2. The van der Waals surface area contributed by atoms with Crippen molar-refractivity contribution < 1.29 is 9.90 Å². The van der Waals surface area contributed by atoms with Crippen molar-refractivity contribution in [2.75, 3.05) is 0 Å². The molecule has 0 aliphatic heterocycles. The molecule has 2 heteroatoms. The van der Waals surface area contributed by atoms with Gasteiger partial charge in [0.2, 0.25) is 0 Å². The average molecular weight is 284 g/mol. The predicted octanol–water partition coefficient (Wildman–Crippen LogP) is 4.57. The maximum absolute atomic E-state index is 12.2. The van der Waals surface area contributed by atoms with Crippen molar-refractivity contribution in [2.24, 2.45) is 5.41 Å². The Morgan fingerprint density at radius 3 is 2.76 bits per heavy atom. The monoisotopic (exact) mass is 284 g/mol. The lowest BCUT2D eigenvalue weighted by molar-refractivity contribution is -0.116. The summed E-state index contributed by atoms with van der Waals surface area (Å²) in [5.74, 6) is 0.679. The molecule has 2 aliphatic carbocycles. The third-order valence-corrected chi connectivity index (χ3v) is 5.52. The fourth-order valence-corrected chi connectivity index (χ4v) is 4.27. The number of hydrogen-bond donors (Lipinski definition) is 1. The minimum Gasteiger partial charge on any atom is -0.508 e. The first-order valence-electron chi connectivity index (χ1n) is 8.06.